The highest BCUT2D eigenvalue weighted by Crippen LogP contribution is 2.25. The van der Waals surface area contributed by atoms with Gasteiger partial charge < -0.3 is 14.7 Å². The maximum atomic E-state index is 12.1. The van der Waals surface area contributed by atoms with Gasteiger partial charge in [-0.15, -0.1) is 0 Å². The minimum atomic E-state index is -3.42. The Bertz CT molecular complexity index is 748. The van der Waals surface area contributed by atoms with Gasteiger partial charge in [-0.2, -0.15) is 0 Å². The van der Waals surface area contributed by atoms with Crippen molar-refractivity contribution >= 4 is 21.8 Å². The van der Waals surface area contributed by atoms with Crippen molar-refractivity contribution in [2.24, 2.45) is 5.92 Å². The highest BCUT2D eigenvalue weighted by molar-refractivity contribution is 7.92. The van der Waals surface area contributed by atoms with Crippen LogP contribution in [0.4, 0.5) is 10.5 Å². The van der Waals surface area contributed by atoms with Crippen molar-refractivity contribution in [1.82, 2.24) is 4.90 Å². The normalized spacial score (nSPS) is 16.1. The Morgan fingerprint density at radius 1 is 1.21 bits per heavy atom. The lowest BCUT2D eigenvalue weighted by molar-refractivity contribution is 0.0184. The summed E-state index contributed by atoms with van der Waals surface area (Å²) in [4.78, 5) is 13.9. The van der Waals surface area contributed by atoms with Gasteiger partial charge in [0.1, 0.15) is 5.60 Å². The second-order valence-corrected chi connectivity index (χ2v) is 10.2. The molecule has 1 N–H and O–H groups in total. The van der Waals surface area contributed by atoms with Crippen LogP contribution < -0.4 is 4.31 Å². The number of nitrogens with zero attached hydrogens (tertiary/aromatic N) is 2. The number of aliphatic hydroxyl groups excluding tert-OH is 1. The Kier molecular flexibility index (Phi) is 7.33. The molecule has 0 spiro atoms. The number of carbonyl (C=O) groups excluding carboxylic acids is 1. The maximum absolute atomic E-state index is 12.1. The van der Waals surface area contributed by atoms with Crippen molar-refractivity contribution in [2.75, 3.05) is 36.8 Å². The van der Waals surface area contributed by atoms with Crippen molar-refractivity contribution in [3.63, 3.8) is 0 Å². The van der Waals surface area contributed by atoms with E-state index in [1.165, 1.54) is 4.31 Å². The second kappa shape index (κ2) is 9.13. The van der Waals surface area contributed by atoms with E-state index in [0.717, 1.165) is 31.1 Å². The van der Waals surface area contributed by atoms with E-state index in [1.807, 2.05) is 32.9 Å². The number of aliphatic hydroxyl groups is 1. The average molecular weight is 413 g/mol. The molecule has 1 aliphatic heterocycles. The molecule has 1 aromatic rings. The zero-order valence-electron chi connectivity index (χ0n) is 17.2. The highest BCUT2D eigenvalue weighted by atomic mass is 32.2. The van der Waals surface area contributed by atoms with Gasteiger partial charge in [0.05, 0.1) is 25.1 Å². The molecule has 0 unspecified atom stereocenters. The topological polar surface area (TPSA) is 87.2 Å². The van der Waals surface area contributed by atoms with Crippen LogP contribution >= 0.6 is 0 Å². The summed E-state index contributed by atoms with van der Waals surface area (Å²) in [5.74, 6) is 0.480. The molecular weight excluding hydrogens is 380 g/mol. The molecule has 1 aromatic carbocycles. The third kappa shape index (κ3) is 6.67. The molecule has 0 saturated carbocycles. The van der Waals surface area contributed by atoms with E-state index in [2.05, 4.69) is 0 Å². The number of likely N-dealkylation sites (tertiary alicyclic amines) is 1. The first-order valence-corrected chi connectivity index (χ1v) is 11.5. The second-order valence-electron chi connectivity index (χ2n) is 8.34. The lowest BCUT2D eigenvalue weighted by atomic mass is 9.90. The van der Waals surface area contributed by atoms with E-state index in [1.54, 1.807) is 17.0 Å². The van der Waals surface area contributed by atoms with Gasteiger partial charge in [0, 0.05) is 13.1 Å². The standard InChI is InChI=1S/C20H32N2O5S/c1-20(2,3)27-19(24)21-11-9-17(10-12-21)15-16-5-7-18(8-6-16)22(13-14-23)28(4,25)26/h5-8,17,23H,9-15H2,1-4H3. The monoisotopic (exact) mass is 412 g/mol. The maximum Gasteiger partial charge on any atom is 0.410 e. The van der Waals surface area contributed by atoms with E-state index in [9.17, 15) is 13.2 Å². The Balaban J connectivity index is 1.91. The van der Waals surface area contributed by atoms with Gasteiger partial charge in [-0.25, -0.2) is 13.2 Å². The number of carbonyl (C=O) groups is 1. The zero-order valence-corrected chi connectivity index (χ0v) is 18.0. The number of sulfonamides is 1. The lowest BCUT2D eigenvalue weighted by Gasteiger charge is -2.33. The van der Waals surface area contributed by atoms with E-state index in [-0.39, 0.29) is 19.2 Å². The molecule has 28 heavy (non-hydrogen) atoms. The van der Waals surface area contributed by atoms with Crippen LogP contribution in [0.2, 0.25) is 0 Å². The predicted molar refractivity (Wildman–Crippen MR) is 110 cm³/mol. The molecule has 8 heteroatoms. The molecule has 0 bridgehead atoms. The molecule has 0 radical (unpaired) electrons. The molecule has 1 fully saturated rings. The molecule has 1 aliphatic rings. The minimum Gasteiger partial charge on any atom is -0.444 e. The molecule has 0 aromatic heterocycles. The van der Waals surface area contributed by atoms with Crippen LogP contribution in [-0.2, 0) is 21.2 Å². The number of hydrogen-bond acceptors (Lipinski definition) is 5. The van der Waals surface area contributed by atoms with Gasteiger partial charge in [0.15, 0.2) is 0 Å². The van der Waals surface area contributed by atoms with Gasteiger partial charge in [-0.3, -0.25) is 4.31 Å². The fourth-order valence-corrected chi connectivity index (χ4v) is 4.27. The number of benzene rings is 1. The zero-order chi connectivity index (χ0) is 20.9. The first kappa shape index (κ1) is 22.5. The van der Waals surface area contributed by atoms with Crippen LogP contribution in [0.15, 0.2) is 24.3 Å². The third-order valence-corrected chi connectivity index (χ3v) is 5.91. The molecule has 2 rings (SSSR count). The third-order valence-electron chi connectivity index (χ3n) is 4.72. The van der Waals surface area contributed by atoms with Gasteiger partial charge in [-0.1, -0.05) is 12.1 Å². The molecule has 1 saturated heterocycles. The van der Waals surface area contributed by atoms with Crippen molar-refractivity contribution in [3.8, 4) is 0 Å². The summed E-state index contributed by atoms with van der Waals surface area (Å²) in [6.07, 6.45) is 3.61. The number of amides is 1. The first-order chi connectivity index (χ1) is 13.0. The highest BCUT2D eigenvalue weighted by Gasteiger charge is 2.27. The summed E-state index contributed by atoms with van der Waals surface area (Å²) in [6.45, 7) is 6.80. The van der Waals surface area contributed by atoms with Crippen molar-refractivity contribution in [1.29, 1.82) is 0 Å². The SMILES string of the molecule is CC(C)(C)OC(=O)N1CCC(Cc2ccc(N(CCO)S(C)(=O)=O)cc2)CC1. The summed E-state index contributed by atoms with van der Waals surface area (Å²) in [5.41, 5.74) is 1.21. The van der Waals surface area contributed by atoms with E-state index in [0.29, 0.717) is 24.7 Å². The Hall–Kier alpha value is -1.80. The van der Waals surface area contributed by atoms with Crippen LogP contribution in [0, 0.1) is 5.92 Å². The van der Waals surface area contributed by atoms with Crippen LogP contribution in [0.3, 0.4) is 0 Å². The largest absolute Gasteiger partial charge is 0.444 e. The molecule has 0 aliphatic carbocycles. The predicted octanol–water partition coefficient (Wildman–Crippen LogP) is 2.63. The molecule has 1 amide bonds. The van der Waals surface area contributed by atoms with Crippen molar-refractivity contribution in [2.45, 2.75) is 45.6 Å². The Morgan fingerprint density at radius 3 is 2.25 bits per heavy atom. The van der Waals surface area contributed by atoms with Gasteiger partial charge in [0.25, 0.3) is 0 Å². The van der Waals surface area contributed by atoms with Gasteiger partial charge >= 0.3 is 6.09 Å². The summed E-state index contributed by atoms with van der Waals surface area (Å²) in [7, 11) is -3.42. The quantitative estimate of drug-likeness (QED) is 0.776. The summed E-state index contributed by atoms with van der Waals surface area (Å²) >= 11 is 0. The lowest BCUT2D eigenvalue weighted by Crippen LogP contribution is -2.42. The molecule has 1 heterocycles. The Labute approximate surface area is 168 Å². The van der Waals surface area contributed by atoms with Crippen molar-refractivity contribution < 1.29 is 23.1 Å². The van der Waals surface area contributed by atoms with Crippen molar-refractivity contribution in [3.05, 3.63) is 29.8 Å². The Morgan fingerprint density at radius 2 is 1.79 bits per heavy atom. The van der Waals surface area contributed by atoms with E-state index < -0.39 is 15.6 Å². The molecule has 158 valence electrons. The smallest absolute Gasteiger partial charge is 0.410 e. The summed E-state index contributed by atoms with van der Waals surface area (Å²) in [6, 6.07) is 7.43. The fourth-order valence-electron chi connectivity index (χ4n) is 3.35. The van der Waals surface area contributed by atoms with Crippen LogP contribution in [-0.4, -0.2) is 62.6 Å². The number of ether oxygens (including phenoxy) is 1. The number of hydrogen-bond donors (Lipinski definition) is 1. The van der Waals surface area contributed by atoms with E-state index in [4.69, 9.17) is 9.84 Å². The fraction of sp³-hybridized carbons (Fsp3) is 0.650. The average Bonchev–Trinajstić information content (AvgIpc) is 2.59. The van der Waals surface area contributed by atoms with Gasteiger partial charge in [-0.05, 0) is 63.6 Å². The minimum absolute atomic E-state index is 0.0430. The van der Waals surface area contributed by atoms with Crippen LogP contribution in [0.1, 0.15) is 39.2 Å². The number of anilines is 1. The van der Waals surface area contributed by atoms with Crippen LogP contribution in [0.25, 0.3) is 0 Å². The number of rotatable bonds is 6. The molecular formula is C20H32N2O5S. The first-order valence-electron chi connectivity index (χ1n) is 9.65. The number of piperidine rings is 1. The molecule has 7 nitrogen and oxygen atoms in total. The van der Waals surface area contributed by atoms with Gasteiger partial charge in [0.2, 0.25) is 10.0 Å². The molecule has 0 atom stereocenters. The van der Waals surface area contributed by atoms with E-state index >= 15 is 0 Å². The van der Waals surface area contributed by atoms with Crippen LogP contribution in [0.5, 0.6) is 0 Å². The summed E-state index contributed by atoms with van der Waals surface area (Å²) < 4.78 is 30.4. The summed E-state index contributed by atoms with van der Waals surface area (Å²) in [5, 5.41) is 9.11.